The standard InChI is InChI=1S/C25H31NO3/c1-3-18-28-25(19-10-6-4-7-11-19,20-12-8-5-9-13-20)24(27)29-23-17-15-21-14-16-22(23)26(21)2/h4-13,21-23H,3,14-18H2,1-2H3/t21-,22-,23-/m0/s1. The molecule has 0 aromatic heterocycles. The number of rotatable bonds is 7. The van der Waals surface area contributed by atoms with Gasteiger partial charge in [-0.2, -0.15) is 0 Å². The largest absolute Gasteiger partial charge is 0.458 e. The van der Waals surface area contributed by atoms with Crippen LogP contribution in [0.3, 0.4) is 0 Å². The highest BCUT2D eigenvalue weighted by molar-refractivity contribution is 5.86. The van der Waals surface area contributed by atoms with E-state index in [1.54, 1.807) is 0 Å². The number of carbonyl (C=O) groups is 1. The van der Waals surface area contributed by atoms with Gasteiger partial charge in [0.25, 0.3) is 0 Å². The van der Waals surface area contributed by atoms with Crippen LogP contribution < -0.4 is 0 Å². The molecule has 4 rings (SSSR count). The Morgan fingerprint density at radius 1 is 0.966 bits per heavy atom. The van der Waals surface area contributed by atoms with Gasteiger partial charge >= 0.3 is 5.97 Å². The second-order valence-electron chi connectivity index (χ2n) is 8.25. The predicted octanol–water partition coefficient (Wildman–Crippen LogP) is 4.53. The molecule has 4 nitrogen and oxygen atoms in total. The predicted molar refractivity (Wildman–Crippen MR) is 114 cm³/mol. The second kappa shape index (κ2) is 8.68. The van der Waals surface area contributed by atoms with Crippen LogP contribution in [-0.2, 0) is 19.9 Å². The number of fused-ring (bicyclic) bond motifs is 2. The van der Waals surface area contributed by atoms with E-state index < -0.39 is 5.60 Å². The Balaban J connectivity index is 1.72. The van der Waals surface area contributed by atoms with E-state index >= 15 is 0 Å². The number of piperidine rings is 1. The summed E-state index contributed by atoms with van der Waals surface area (Å²) in [4.78, 5) is 16.3. The first-order valence-electron chi connectivity index (χ1n) is 10.8. The summed E-state index contributed by atoms with van der Waals surface area (Å²) in [6.45, 7) is 2.54. The van der Waals surface area contributed by atoms with Crippen LogP contribution in [0.5, 0.6) is 0 Å². The van der Waals surface area contributed by atoms with Gasteiger partial charge in [-0.05, 0) is 50.3 Å². The molecule has 0 aliphatic carbocycles. The first kappa shape index (κ1) is 20.1. The minimum absolute atomic E-state index is 0.0803. The highest BCUT2D eigenvalue weighted by Gasteiger charge is 2.48. The molecule has 0 saturated carbocycles. The maximum absolute atomic E-state index is 13.9. The number of hydrogen-bond acceptors (Lipinski definition) is 4. The maximum atomic E-state index is 13.9. The van der Waals surface area contributed by atoms with E-state index in [1.807, 2.05) is 60.7 Å². The van der Waals surface area contributed by atoms with Crippen molar-refractivity contribution in [2.75, 3.05) is 13.7 Å². The Bertz CT molecular complexity index is 768. The lowest BCUT2D eigenvalue weighted by Gasteiger charge is -2.39. The minimum atomic E-state index is -1.24. The first-order chi connectivity index (χ1) is 14.2. The minimum Gasteiger partial charge on any atom is -0.458 e. The Morgan fingerprint density at radius 2 is 1.55 bits per heavy atom. The van der Waals surface area contributed by atoms with Gasteiger partial charge in [-0.1, -0.05) is 67.6 Å². The Labute approximate surface area is 173 Å². The van der Waals surface area contributed by atoms with Crippen LogP contribution in [0.2, 0.25) is 0 Å². The van der Waals surface area contributed by atoms with Gasteiger partial charge in [0, 0.05) is 18.7 Å². The van der Waals surface area contributed by atoms with Crippen molar-refractivity contribution in [3.8, 4) is 0 Å². The van der Waals surface area contributed by atoms with Gasteiger partial charge in [-0.15, -0.1) is 0 Å². The molecule has 2 aliphatic heterocycles. The van der Waals surface area contributed by atoms with Crippen molar-refractivity contribution in [2.45, 2.75) is 62.8 Å². The smallest absolute Gasteiger partial charge is 0.348 e. The van der Waals surface area contributed by atoms with Crippen molar-refractivity contribution in [2.24, 2.45) is 0 Å². The quantitative estimate of drug-likeness (QED) is 0.648. The molecule has 2 aromatic rings. The number of hydrogen-bond donors (Lipinski definition) is 0. The lowest BCUT2D eigenvalue weighted by Crippen LogP contribution is -2.50. The van der Waals surface area contributed by atoms with Crippen LogP contribution in [0, 0.1) is 0 Å². The zero-order chi connectivity index (χ0) is 20.3. The number of esters is 1. The van der Waals surface area contributed by atoms with Crippen molar-refractivity contribution in [1.82, 2.24) is 4.90 Å². The van der Waals surface area contributed by atoms with Gasteiger partial charge in [-0.3, -0.25) is 4.90 Å². The van der Waals surface area contributed by atoms with E-state index in [1.165, 1.54) is 6.42 Å². The molecule has 0 N–H and O–H groups in total. The molecule has 3 atom stereocenters. The van der Waals surface area contributed by atoms with E-state index in [-0.39, 0.29) is 12.1 Å². The number of likely N-dealkylation sites (N-methyl/N-ethyl adjacent to an activating group) is 1. The maximum Gasteiger partial charge on any atom is 0.348 e. The average molecular weight is 394 g/mol. The van der Waals surface area contributed by atoms with Crippen LogP contribution >= 0.6 is 0 Å². The molecule has 0 amide bonds. The molecule has 0 unspecified atom stereocenters. The van der Waals surface area contributed by atoms with Gasteiger partial charge in [0.2, 0.25) is 5.60 Å². The van der Waals surface area contributed by atoms with E-state index in [4.69, 9.17) is 9.47 Å². The van der Waals surface area contributed by atoms with E-state index in [9.17, 15) is 4.79 Å². The van der Waals surface area contributed by atoms with Gasteiger partial charge < -0.3 is 9.47 Å². The lowest BCUT2D eigenvalue weighted by atomic mass is 9.85. The fourth-order valence-corrected chi connectivity index (χ4v) is 4.97. The summed E-state index contributed by atoms with van der Waals surface area (Å²) >= 11 is 0. The molecule has 2 aliphatic rings. The van der Waals surface area contributed by atoms with Crippen LogP contribution in [0.25, 0.3) is 0 Å². The molecule has 4 heteroatoms. The monoisotopic (exact) mass is 393 g/mol. The topological polar surface area (TPSA) is 38.8 Å². The van der Waals surface area contributed by atoms with Crippen LogP contribution in [0.4, 0.5) is 0 Å². The van der Waals surface area contributed by atoms with Crippen LogP contribution in [-0.4, -0.2) is 42.7 Å². The van der Waals surface area contributed by atoms with Crippen molar-refractivity contribution in [3.63, 3.8) is 0 Å². The third-order valence-corrected chi connectivity index (χ3v) is 6.54. The van der Waals surface area contributed by atoms with Crippen LogP contribution in [0.15, 0.2) is 60.7 Å². The normalized spacial score (nSPS) is 24.4. The fourth-order valence-electron chi connectivity index (χ4n) is 4.97. The van der Waals surface area contributed by atoms with Gasteiger partial charge in [0.15, 0.2) is 0 Å². The number of benzene rings is 2. The number of carbonyl (C=O) groups excluding carboxylic acids is 1. The Kier molecular flexibility index (Phi) is 6.02. The molecule has 2 fully saturated rings. The average Bonchev–Trinajstić information content (AvgIpc) is 2.99. The van der Waals surface area contributed by atoms with E-state index in [0.29, 0.717) is 18.7 Å². The van der Waals surface area contributed by atoms with Crippen LogP contribution in [0.1, 0.15) is 50.2 Å². The van der Waals surface area contributed by atoms with E-state index in [0.717, 1.165) is 36.8 Å². The van der Waals surface area contributed by atoms with Gasteiger partial charge in [0.05, 0.1) is 0 Å². The third kappa shape index (κ3) is 3.72. The summed E-state index contributed by atoms with van der Waals surface area (Å²) in [5.74, 6) is -0.299. The second-order valence-corrected chi connectivity index (χ2v) is 8.25. The third-order valence-electron chi connectivity index (χ3n) is 6.54. The fraction of sp³-hybridized carbons (Fsp3) is 0.480. The zero-order valence-electron chi connectivity index (χ0n) is 17.4. The summed E-state index contributed by atoms with van der Waals surface area (Å²) in [6, 6.07) is 20.5. The molecule has 2 saturated heterocycles. The summed E-state index contributed by atoms with van der Waals surface area (Å²) in [6.07, 6.45) is 5.06. The molecular weight excluding hydrogens is 362 g/mol. The van der Waals surface area contributed by atoms with Crippen molar-refractivity contribution in [3.05, 3.63) is 71.8 Å². The zero-order valence-corrected chi connectivity index (χ0v) is 17.4. The summed E-state index contributed by atoms with van der Waals surface area (Å²) in [5, 5.41) is 0. The number of nitrogens with zero attached hydrogens (tertiary/aromatic N) is 1. The molecule has 2 heterocycles. The van der Waals surface area contributed by atoms with E-state index in [2.05, 4.69) is 18.9 Å². The summed E-state index contributed by atoms with van der Waals surface area (Å²) in [5.41, 5.74) is 0.392. The SMILES string of the molecule is CCCOC(C(=O)O[C@H]1CC[C@@H]2CC[C@@H]1N2C)(c1ccccc1)c1ccccc1. The molecule has 2 bridgehead atoms. The highest BCUT2D eigenvalue weighted by atomic mass is 16.6. The summed E-state index contributed by atoms with van der Waals surface area (Å²) < 4.78 is 12.6. The molecule has 29 heavy (non-hydrogen) atoms. The number of ether oxygens (including phenoxy) is 2. The Hall–Kier alpha value is -2.17. The lowest BCUT2D eigenvalue weighted by molar-refractivity contribution is -0.179. The summed E-state index contributed by atoms with van der Waals surface area (Å²) in [7, 11) is 2.16. The van der Waals surface area contributed by atoms with Crippen molar-refractivity contribution < 1.29 is 14.3 Å². The molecule has 0 spiro atoms. The van der Waals surface area contributed by atoms with Gasteiger partial charge in [0.1, 0.15) is 6.10 Å². The van der Waals surface area contributed by atoms with Crippen molar-refractivity contribution >= 4 is 5.97 Å². The van der Waals surface area contributed by atoms with Crippen molar-refractivity contribution in [1.29, 1.82) is 0 Å². The van der Waals surface area contributed by atoms with Gasteiger partial charge in [-0.25, -0.2) is 4.79 Å². The molecule has 2 aromatic carbocycles. The Morgan fingerprint density at radius 3 is 2.14 bits per heavy atom. The molecule has 154 valence electrons. The first-order valence-corrected chi connectivity index (χ1v) is 10.8. The molecular formula is C25H31NO3. The molecule has 0 radical (unpaired) electrons. The highest BCUT2D eigenvalue weighted by Crippen LogP contribution is 2.40.